The molecule has 0 aliphatic carbocycles. The second-order valence-electron chi connectivity index (χ2n) is 7.36. The van der Waals surface area contributed by atoms with Crippen LogP contribution in [0.4, 0.5) is 10.6 Å². The molecular formula is C22H30ClN5O3. The van der Waals surface area contributed by atoms with Crippen LogP contribution in [-0.2, 0) is 11.2 Å². The second kappa shape index (κ2) is 11.5. The molecule has 0 fully saturated rings. The Kier molecular flexibility index (Phi) is 9.05. The summed E-state index contributed by atoms with van der Waals surface area (Å²) in [6.45, 7) is 6.58. The standard InChI is InChI=1S/C22H30ClN5O3/c1-6-19-20(23)21(25-14-24-19)26-15(2)17-8-10-18(11-9-17)31-22(30)28(5)13-7-12-27(4)16(3)29/h8-11,14-15H,6-7,12-13H2,1-5H3,(H,24,25,26). The number of rotatable bonds is 9. The number of benzene rings is 1. The molecule has 0 spiro atoms. The van der Waals surface area contributed by atoms with Crippen molar-refractivity contribution in [3.05, 3.63) is 46.9 Å². The van der Waals surface area contributed by atoms with Crippen molar-refractivity contribution < 1.29 is 14.3 Å². The van der Waals surface area contributed by atoms with Gasteiger partial charge in [0.15, 0.2) is 0 Å². The Bertz CT molecular complexity index is 891. The molecular weight excluding hydrogens is 418 g/mol. The Morgan fingerprint density at radius 2 is 1.77 bits per heavy atom. The van der Waals surface area contributed by atoms with Crippen molar-refractivity contribution >= 4 is 29.4 Å². The minimum atomic E-state index is -0.440. The molecule has 0 aliphatic rings. The SMILES string of the molecule is CCc1ncnc(NC(C)c2ccc(OC(=O)N(C)CCCN(C)C(C)=O)cc2)c1Cl. The number of ether oxygens (including phenoxy) is 1. The van der Waals surface area contributed by atoms with Crippen molar-refractivity contribution in [3.8, 4) is 5.75 Å². The summed E-state index contributed by atoms with van der Waals surface area (Å²) < 4.78 is 5.43. The number of anilines is 1. The molecule has 0 aliphatic heterocycles. The van der Waals surface area contributed by atoms with E-state index in [1.54, 1.807) is 31.1 Å². The van der Waals surface area contributed by atoms with Crippen LogP contribution in [0.25, 0.3) is 0 Å². The van der Waals surface area contributed by atoms with Gasteiger partial charge >= 0.3 is 6.09 Å². The molecule has 1 unspecified atom stereocenters. The molecule has 168 valence electrons. The minimum Gasteiger partial charge on any atom is -0.410 e. The van der Waals surface area contributed by atoms with Crippen LogP contribution in [0, 0.1) is 0 Å². The summed E-state index contributed by atoms with van der Waals surface area (Å²) >= 11 is 6.35. The van der Waals surface area contributed by atoms with Gasteiger partial charge in [0.25, 0.3) is 0 Å². The highest BCUT2D eigenvalue weighted by Crippen LogP contribution is 2.27. The Hall–Kier alpha value is -2.87. The molecule has 1 aromatic heterocycles. The van der Waals surface area contributed by atoms with Gasteiger partial charge in [0.05, 0.1) is 5.69 Å². The predicted molar refractivity (Wildman–Crippen MR) is 121 cm³/mol. The molecule has 0 bridgehead atoms. The first kappa shape index (κ1) is 24.4. The van der Waals surface area contributed by atoms with Crippen LogP contribution in [-0.4, -0.2) is 59.0 Å². The zero-order chi connectivity index (χ0) is 23.0. The lowest BCUT2D eigenvalue weighted by Crippen LogP contribution is -2.33. The quantitative estimate of drug-likeness (QED) is 0.620. The predicted octanol–water partition coefficient (Wildman–Crippen LogP) is 4.16. The fourth-order valence-corrected chi connectivity index (χ4v) is 3.12. The zero-order valence-electron chi connectivity index (χ0n) is 18.7. The molecule has 1 heterocycles. The third-order valence-corrected chi connectivity index (χ3v) is 5.37. The first-order valence-electron chi connectivity index (χ1n) is 10.2. The lowest BCUT2D eigenvalue weighted by molar-refractivity contribution is -0.127. The highest BCUT2D eigenvalue weighted by Gasteiger charge is 2.14. The molecule has 1 aromatic carbocycles. The summed E-state index contributed by atoms with van der Waals surface area (Å²) in [4.78, 5) is 35.0. The summed E-state index contributed by atoms with van der Waals surface area (Å²) in [5, 5.41) is 3.82. The Labute approximate surface area is 188 Å². The van der Waals surface area contributed by atoms with Gasteiger partial charge in [-0.05, 0) is 37.5 Å². The van der Waals surface area contributed by atoms with E-state index in [1.807, 2.05) is 26.0 Å². The van der Waals surface area contributed by atoms with Gasteiger partial charge in [0.1, 0.15) is 22.9 Å². The minimum absolute atomic E-state index is 0.00169. The van der Waals surface area contributed by atoms with Crippen molar-refractivity contribution in [2.75, 3.05) is 32.5 Å². The third-order valence-electron chi connectivity index (χ3n) is 4.97. The first-order valence-corrected chi connectivity index (χ1v) is 10.6. The molecule has 8 nitrogen and oxygen atoms in total. The fourth-order valence-electron chi connectivity index (χ4n) is 2.84. The van der Waals surface area contributed by atoms with Crippen LogP contribution >= 0.6 is 11.6 Å². The smallest absolute Gasteiger partial charge is 0.410 e. The number of nitrogens with zero attached hydrogens (tertiary/aromatic N) is 4. The van der Waals surface area contributed by atoms with Crippen molar-refractivity contribution in [2.45, 2.75) is 39.7 Å². The van der Waals surface area contributed by atoms with E-state index in [0.717, 1.165) is 17.7 Å². The van der Waals surface area contributed by atoms with Gasteiger partial charge in [-0.2, -0.15) is 0 Å². The number of aryl methyl sites for hydroxylation is 1. The highest BCUT2D eigenvalue weighted by molar-refractivity contribution is 6.33. The van der Waals surface area contributed by atoms with Gasteiger partial charge < -0.3 is 19.9 Å². The molecule has 2 rings (SSSR count). The van der Waals surface area contributed by atoms with Crippen molar-refractivity contribution in [1.29, 1.82) is 0 Å². The average Bonchev–Trinajstić information content (AvgIpc) is 2.75. The van der Waals surface area contributed by atoms with E-state index in [-0.39, 0.29) is 11.9 Å². The number of hydrogen-bond donors (Lipinski definition) is 1. The van der Waals surface area contributed by atoms with Gasteiger partial charge in [-0.1, -0.05) is 30.7 Å². The van der Waals surface area contributed by atoms with E-state index in [1.165, 1.54) is 18.2 Å². The van der Waals surface area contributed by atoms with Gasteiger partial charge in [0, 0.05) is 40.2 Å². The molecule has 2 aromatic rings. The van der Waals surface area contributed by atoms with E-state index >= 15 is 0 Å². The number of carbonyl (C=O) groups excluding carboxylic acids is 2. The van der Waals surface area contributed by atoms with Gasteiger partial charge in [-0.15, -0.1) is 0 Å². The topological polar surface area (TPSA) is 87.7 Å². The van der Waals surface area contributed by atoms with Crippen LogP contribution in [0.1, 0.15) is 44.5 Å². The maximum absolute atomic E-state index is 12.3. The maximum Gasteiger partial charge on any atom is 0.414 e. The highest BCUT2D eigenvalue weighted by atomic mass is 35.5. The number of amides is 2. The lowest BCUT2D eigenvalue weighted by atomic mass is 10.1. The number of nitrogens with one attached hydrogen (secondary N) is 1. The Balaban J connectivity index is 1.89. The Morgan fingerprint density at radius 3 is 2.39 bits per heavy atom. The second-order valence-corrected chi connectivity index (χ2v) is 7.73. The van der Waals surface area contributed by atoms with Crippen molar-refractivity contribution in [1.82, 2.24) is 19.8 Å². The molecule has 1 atom stereocenters. The van der Waals surface area contributed by atoms with Crippen LogP contribution in [0.5, 0.6) is 5.75 Å². The molecule has 0 radical (unpaired) electrons. The van der Waals surface area contributed by atoms with E-state index in [4.69, 9.17) is 16.3 Å². The van der Waals surface area contributed by atoms with Gasteiger partial charge in [0.2, 0.25) is 5.91 Å². The lowest BCUT2D eigenvalue weighted by Gasteiger charge is -2.20. The summed E-state index contributed by atoms with van der Waals surface area (Å²) in [6, 6.07) is 7.22. The summed E-state index contributed by atoms with van der Waals surface area (Å²) in [7, 11) is 3.41. The number of halogens is 1. The van der Waals surface area contributed by atoms with E-state index in [2.05, 4.69) is 15.3 Å². The first-order chi connectivity index (χ1) is 14.7. The summed E-state index contributed by atoms with van der Waals surface area (Å²) in [5.74, 6) is 1.05. The third kappa shape index (κ3) is 7.10. The molecule has 1 N–H and O–H groups in total. The maximum atomic E-state index is 12.3. The monoisotopic (exact) mass is 447 g/mol. The largest absolute Gasteiger partial charge is 0.414 e. The number of aromatic nitrogens is 2. The van der Waals surface area contributed by atoms with Crippen LogP contribution in [0.15, 0.2) is 30.6 Å². The van der Waals surface area contributed by atoms with E-state index in [9.17, 15) is 9.59 Å². The molecule has 31 heavy (non-hydrogen) atoms. The Morgan fingerprint density at radius 1 is 1.13 bits per heavy atom. The van der Waals surface area contributed by atoms with Crippen LogP contribution in [0.2, 0.25) is 5.02 Å². The van der Waals surface area contributed by atoms with Gasteiger partial charge in [-0.25, -0.2) is 14.8 Å². The van der Waals surface area contributed by atoms with Gasteiger partial charge in [-0.3, -0.25) is 4.79 Å². The summed E-state index contributed by atoms with van der Waals surface area (Å²) in [5.41, 5.74) is 1.79. The zero-order valence-corrected chi connectivity index (χ0v) is 19.4. The number of carbonyl (C=O) groups is 2. The van der Waals surface area contributed by atoms with Crippen molar-refractivity contribution in [3.63, 3.8) is 0 Å². The normalized spacial score (nSPS) is 11.5. The molecule has 0 saturated heterocycles. The van der Waals surface area contributed by atoms with Crippen LogP contribution < -0.4 is 10.1 Å². The van der Waals surface area contributed by atoms with Crippen LogP contribution in [0.3, 0.4) is 0 Å². The van der Waals surface area contributed by atoms with Crippen molar-refractivity contribution in [2.24, 2.45) is 0 Å². The summed E-state index contributed by atoms with van der Waals surface area (Å²) in [6.07, 6.45) is 2.46. The van der Waals surface area contributed by atoms with E-state index in [0.29, 0.717) is 36.1 Å². The molecule has 2 amide bonds. The molecule has 9 heteroatoms. The average molecular weight is 448 g/mol. The molecule has 0 saturated carbocycles. The van der Waals surface area contributed by atoms with E-state index < -0.39 is 6.09 Å². The number of hydrogen-bond acceptors (Lipinski definition) is 6. The fraction of sp³-hybridized carbons (Fsp3) is 0.455.